The number of nitrogens with zero attached hydrogens (tertiary/aromatic N) is 2. The van der Waals surface area contributed by atoms with Crippen molar-refractivity contribution in [1.29, 1.82) is 5.26 Å². The van der Waals surface area contributed by atoms with Gasteiger partial charge in [-0.05, 0) is 23.8 Å². The molecule has 1 aromatic carbocycles. The van der Waals surface area contributed by atoms with Crippen LogP contribution >= 0.6 is 0 Å². The van der Waals surface area contributed by atoms with Crippen LogP contribution in [0, 0.1) is 11.3 Å². The topological polar surface area (TPSA) is 74.7 Å². The first-order valence-electron chi connectivity index (χ1n) is 5.22. The van der Waals surface area contributed by atoms with Crippen molar-refractivity contribution in [1.82, 2.24) is 4.98 Å². The number of hydrogen-bond acceptors (Lipinski definition) is 4. The third-order valence-electron chi connectivity index (χ3n) is 2.40. The van der Waals surface area contributed by atoms with Crippen molar-refractivity contribution in [3.63, 3.8) is 0 Å². The van der Waals surface area contributed by atoms with Crippen molar-refractivity contribution in [3.8, 4) is 6.07 Å². The highest BCUT2D eigenvalue weighted by Gasteiger charge is 2.00. The van der Waals surface area contributed by atoms with Gasteiger partial charge >= 0.3 is 0 Å². The van der Waals surface area contributed by atoms with E-state index in [4.69, 9.17) is 11.0 Å². The summed E-state index contributed by atoms with van der Waals surface area (Å²) < 4.78 is 0. The van der Waals surface area contributed by atoms with Gasteiger partial charge in [0.05, 0.1) is 17.4 Å². The summed E-state index contributed by atoms with van der Waals surface area (Å²) in [5.41, 5.74) is 8.79. The number of nitrogen functional groups attached to an aromatic ring is 1. The van der Waals surface area contributed by atoms with Crippen molar-refractivity contribution in [2.75, 3.05) is 11.1 Å². The molecule has 0 aliphatic carbocycles. The molecule has 4 nitrogen and oxygen atoms in total. The number of nitrogens with two attached hydrogens (primary N) is 1. The number of benzene rings is 1. The maximum atomic E-state index is 8.92. The lowest BCUT2D eigenvalue weighted by Gasteiger charge is -2.07. The standard InChI is InChI=1S/C13H12N4/c14-7-11-5-6-16-9-13(11)17-8-10-1-3-12(15)4-2-10/h1-6,9,17H,8,15H2. The first-order chi connectivity index (χ1) is 8.29. The molecule has 0 atom stereocenters. The minimum atomic E-state index is 0.593. The van der Waals surface area contributed by atoms with E-state index in [1.165, 1.54) is 0 Å². The Bertz CT molecular complexity index is 540. The zero-order chi connectivity index (χ0) is 12.1. The second-order valence-electron chi connectivity index (χ2n) is 3.63. The number of nitriles is 1. The monoisotopic (exact) mass is 224 g/mol. The molecule has 4 heteroatoms. The largest absolute Gasteiger partial charge is 0.399 e. The lowest BCUT2D eigenvalue weighted by molar-refractivity contribution is 1.13. The van der Waals surface area contributed by atoms with E-state index in [-0.39, 0.29) is 0 Å². The smallest absolute Gasteiger partial charge is 0.101 e. The van der Waals surface area contributed by atoms with Crippen LogP contribution in [-0.2, 0) is 6.54 Å². The van der Waals surface area contributed by atoms with E-state index in [0.717, 1.165) is 16.9 Å². The van der Waals surface area contributed by atoms with Gasteiger partial charge in [0.1, 0.15) is 6.07 Å². The van der Waals surface area contributed by atoms with Gasteiger partial charge in [-0.25, -0.2) is 0 Å². The molecule has 2 aromatic rings. The summed E-state index contributed by atoms with van der Waals surface area (Å²) in [4.78, 5) is 3.99. The van der Waals surface area contributed by atoms with Crippen LogP contribution in [0.25, 0.3) is 0 Å². The van der Waals surface area contributed by atoms with Crippen LogP contribution in [0.5, 0.6) is 0 Å². The second kappa shape index (κ2) is 4.99. The van der Waals surface area contributed by atoms with Crippen LogP contribution in [-0.4, -0.2) is 4.98 Å². The van der Waals surface area contributed by atoms with Crippen LogP contribution in [0.15, 0.2) is 42.7 Å². The Morgan fingerprint density at radius 3 is 2.71 bits per heavy atom. The van der Waals surface area contributed by atoms with E-state index in [2.05, 4.69) is 16.4 Å². The molecular formula is C13H12N4. The van der Waals surface area contributed by atoms with E-state index in [0.29, 0.717) is 12.1 Å². The highest BCUT2D eigenvalue weighted by Crippen LogP contribution is 2.14. The molecule has 0 aliphatic rings. The second-order valence-corrected chi connectivity index (χ2v) is 3.63. The average Bonchev–Trinajstić information content (AvgIpc) is 2.38. The quantitative estimate of drug-likeness (QED) is 0.783. The van der Waals surface area contributed by atoms with E-state index in [9.17, 15) is 0 Å². The van der Waals surface area contributed by atoms with E-state index >= 15 is 0 Å². The van der Waals surface area contributed by atoms with Gasteiger partial charge in [0.2, 0.25) is 0 Å². The van der Waals surface area contributed by atoms with E-state index in [1.807, 2.05) is 24.3 Å². The molecule has 2 rings (SSSR count). The van der Waals surface area contributed by atoms with Crippen LogP contribution in [0.3, 0.4) is 0 Å². The lowest BCUT2D eigenvalue weighted by atomic mass is 10.2. The molecule has 0 fully saturated rings. The highest BCUT2D eigenvalue weighted by molar-refractivity contribution is 5.55. The lowest BCUT2D eigenvalue weighted by Crippen LogP contribution is -2.01. The van der Waals surface area contributed by atoms with Gasteiger partial charge in [0.25, 0.3) is 0 Å². The van der Waals surface area contributed by atoms with Crippen LogP contribution in [0.4, 0.5) is 11.4 Å². The summed E-state index contributed by atoms with van der Waals surface area (Å²) in [6, 6.07) is 11.4. The number of hydrogen-bond donors (Lipinski definition) is 2. The molecule has 0 amide bonds. The van der Waals surface area contributed by atoms with Gasteiger partial charge < -0.3 is 11.1 Å². The number of aromatic nitrogens is 1. The van der Waals surface area contributed by atoms with Crippen LogP contribution in [0.1, 0.15) is 11.1 Å². The predicted octanol–water partition coefficient (Wildman–Crippen LogP) is 2.15. The van der Waals surface area contributed by atoms with Crippen LogP contribution < -0.4 is 11.1 Å². The van der Waals surface area contributed by atoms with Gasteiger partial charge in [-0.2, -0.15) is 5.26 Å². The van der Waals surface area contributed by atoms with E-state index in [1.54, 1.807) is 18.5 Å². The van der Waals surface area contributed by atoms with Gasteiger partial charge in [-0.3, -0.25) is 4.98 Å². The Balaban J connectivity index is 2.08. The molecule has 84 valence electrons. The predicted molar refractivity (Wildman–Crippen MR) is 67.1 cm³/mol. The Kier molecular flexibility index (Phi) is 3.22. The summed E-state index contributed by atoms with van der Waals surface area (Å²) in [6.45, 7) is 0.640. The maximum Gasteiger partial charge on any atom is 0.101 e. The Hall–Kier alpha value is -2.54. The zero-order valence-corrected chi connectivity index (χ0v) is 9.22. The number of rotatable bonds is 3. The molecule has 0 saturated carbocycles. The molecular weight excluding hydrogens is 212 g/mol. The average molecular weight is 224 g/mol. The summed E-state index contributed by atoms with van der Waals surface area (Å²) in [5, 5.41) is 12.1. The SMILES string of the molecule is N#Cc1ccncc1NCc1ccc(N)cc1. The van der Waals surface area contributed by atoms with Crippen LogP contribution in [0.2, 0.25) is 0 Å². The minimum absolute atomic E-state index is 0.593. The van der Waals surface area contributed by atoms with E-state index < -0.39 is 0 Å². The fourth-order valence-corrected chi connectivity index (χ4v) is 1.47. The fourth-order valence-electron chi connectivity index (χ4n) is 1.47. The van der Waals surface area contributed by atoms with Gasteiger partial charge in [-0.15, -0.1) is 0 Å². The van der Waals surface area contributed by atoms with Crippen molar-refractivity contribution < 1.29 is 0 Å². The highest BCUT2D eigenvalue weighted by atomic mass is 14.9. The number of nitrogens with one attached hydrogen (secondary N) is 1. The molecule has 1 aromatic heterocycles. The van der Waals surface area contributed by atoms with Gasteiger partial charge in [-0.1, -0.05) is 12.1 Å². The van der Waals surface area contributed by atoms with Crippen molar-refractivity contribution in [2.24, 2.45) is 0 Å². The van der Waals surface area contributed by atoms with Gasteiger partial charge in [0.15, 0.2) is 0 Å². The first-order valence-corrected chi connectivity index (χ1v) is 5.22. The minimum Gasteiger partial charge on any atom is -0.399 e. The van der Waals surface area contributed by atoms with Crippen molar-refractivity contribution in [3.05, 3.63) is 53.9 Å². The first kappa shape index (κ1) is 11.0. The maximum absolute atomic E-state index is 8.92. The molecule has 0 saturated heterocycles. The third kappa shape index (κ3) is 2.73. The zero-order valence-electron chi connectivity index (χ0n) is 9.22. The summed E-state index contributed by atoms with van der Waals surface area (Å²) in [7, 11) is 0. The number of anilines is 2. The fraction of sp³-hybridized carbons (Fsp3) is 0.0769. The van der Waals surface area contributed by atoms with Gasteiger partial charge in [0, 0.05) is 18.4 Å². The summed E-state index contributed by atoms with van der Waals surface area (Å²) in [6.07, 6.45) is 3.25. The summed E-state index contributed by atoms with van der Waals surface area (Å²) >= 11 is 0. The van der Waals surface area contributed by atoms with Crippen molar-refractivity contribution >= 4 is 11.4 Å². The molecule has 0 bridgehead atoms. The molecule has 0 aliphatic heterocycles. The molecule has 17 heavy (non-hydrogen) atoms. The molecule has 3 N–H and O–H groups in total. The summed E-state index contributed by atoms with van der Waals surface area (Å²) in [5.74, 6) is 0. The third-order valence-corrected chi connectivity index (χ3v) is 2.40. The molecule has 0 unspecified atom stereocenters. The molecule has 0 radical (unpaired) electrons. The molecule has 1 heterocycles. The normalized spacial score (nSPS) is 9.59. The van der Waals surface area contributed by atoms with Crippen molar-refractivity contribution in [2.45, 2.75) is 6.54 Å². The Morgan fingerprint density at radius 2 is 2.00 bits per heavy atom. The Labute approximate surface area is 99.7 Å². The number of pyridine rings is 1. The Morgan fingerprint density at radius 1 is 1.24 bits per heavy atom. The molecule has 0 spiro atoms.